The summed E-state index contributed by atoms with van der Waals surface area (Å²) in [7, 11) is 1.92. The molecule has 120 valence electrons. The van der Waals surface area contributed by atoms with Crippen LogP contribution in [0.1, 0.15) is 32.3 Å². The van der Waals surface area contributed by atoms with E-state index in [1.54, 1.807) is 4.68 Å². The van der Waals surface area contributed by atoms with E-state index in [4.69, 9.17) is 0 Å². The lowest BCUT2D eigenvalue weighted by atomic mass is 9.89. The fourth-order valence-electron chi connectivity index (χ4n) is 2.97. The molecule has 2 atom stereocenters. The Bertz CT molecular complexity index is 460. The molecule has 0 aromatic carbocycles. The number of aromatic nitrogens is 2. The van der Waals surface area contributed by atoms with Gasteiger partial charge in [-0.25, -0.2) is 0 Å². The Balaban J connectivity index is 0.00000220. The molecule has 2 rings (SSSR count). The largest absolute Gasteiger partial charge is 0.342 e. The maximum atomic E-state index is 12.8. The van der Waals surface area contributed by atoms with Gasteiger partial charge in [-0.3, -0.25) is 9.48 Å². The zero-order valence-electron chi connectivity index (χ0n) is 13.4. The average Bonchev–Trinajstić information content (AvgIpc) is 3.02. The molecule has 1 fully saturated rings. The lowest BCUT2D eigenvalue weighted by molar-refractivity contribution is -0.135. The summed E-state index contributed by atoms with van der Waals surface area (Å²) in [5.74, 6) is 1.07. The fourth-order valence-corrected chi connectivity index (χ4v) is 2.97. The molecule has 0 spiro atoms. The zero-order chi connectivity index (χ0) is 14.7. The number of hydrogen-bond donors (Lipinski definition) is 1. The molecule has 1 aromatic rings. The van der Waals surface area contributed by atoms with Crippen molar-refractivity contribution in [3.63, 3.8) is 0 Å². The van der Waals surface area contributed by atoms with Crippen molar-refractivity contribution in [1.29, 1.82) is 0 Å². The predicted octanol–water partition coefficient (Wildman–Crippen LogP) is 1.65. The molecule has 21 heavy (non-hydrogen) atoms. The molecule has 1 N–H and O–H groups in total. The number of rotatable bonds is 5. The lowest BCUT2D eigenvalue weighted by Crippen LogP contribution is -2.40. The minimum absolute atomic E-state index is 0. The van der Waals surface area contributed by atoms with Crippen molar-refractivity contribution in [2.75, 3.05) is 26.2 Å². The first-order valence-corrected chi connectivity index (χ1v) is 7.51. The van der Waals surface area contributed by atoms with Crippen molar-refractivity contribution < 1.29 is 4.79 Å². The molecule has 0 saturated carbocycles. The van der Waals surface area contributed by atoms with Crippen LogP contribution in [0.15, 0.2) is 12.4 Å². The van der Waals surface area contributed by atoms with E-state index in [1.807, 2.05) is 24.3 Å². The molecule has 6 heteroatoms. The molecule has 0 radical (unpaired) electrons. The Morgan fingerprint density at radius 1 is 1.52 bits per heavy atom. The molecule has 5 nitrogen and oxygen atoms in total. The van der Waals surface area contributed by atoms with E-state index in [2.05, 4.69) is 31.2 Å². The number of amides is 1. The van der Waals surface area contributed by atoms with E-state index < -0.39 is 0 Å². The van der Waals surface area contributed by atoms with Crippen molar-refractivity contribution in [3.8, 4) is 0 Å². The normalized spacial score (nSPS) is 21.4. The van der Waals surface area contributed by atoms with Crippen LogP contribution < -0.4 is 5.32 Å². The summed E-state index contributed by atoms with van der Waals surface area (Å²) < 4.78 is 1.81. The van der Waals surface area contributed by atoms with Gasteiger partial charge in [-0.2, -0.15) is 5.10 Å². The smallest absolute Gasteiger partial charge is 0.227 e. The van der Waals surface area contributed by atoms with Crippen molar-refractivity contribution in [2.24, 2.45) is 18.9 Å². The number of carbonyl (C=O) groups is 1. The van der Waals surface area contributed by atoms with Gasteiger partial charge < -0.3 is 10.2 Å². The predicted molar refractivity (Wildman–Crippen MR) is 86.6 cm³/mol. The van der Waals surface area contributed by atoms with Crippen LogP contribution in [0, 0.1) is 11.8 Å². The number of hydrogen-bond acceptors (Lipinski definition) is 3. The zero-order valence-corrected chi connectivity index (χ0v) is 14.2. The summed E-state index contributed by atoms with van der Waals surface area (Å²) in [6.07, 6.45) is 3.91. The first kappa shape index (κ1) is 18.0. The maximum Gasteiger partial charge on any atom is 0.227 e. The van der Waals surface area contributed by atoms with Crippen LogP contribution in [0.3, 0.4) is 0 Å². The number of carbonyl (C=O) groups excluding carboxylic acids is 1. The molecule has 0 bridgehead atoms. The fraction of sp³-hybridized carbons (Fsp3) is 0.733. The minimum atomic E-state index is 0. The summed E-state index contributed by atoms with van der Waals surface area (Å²) in [5.41, 5.74) is 1.16. The summed E-state index contributed by atoms with van der Waals surface area (Å²) in [4.78, 5) is 14.8. The Labute approximate surface area is 133 Å². The summed E-state index contributed by atoms with van der Waals surface area (Å²) in [6.45, 7) is 9.62. The number of halogens is 1. The van der Waals surface area contributed by atoms with Crippen LogP contribution in [-0.2, 0) is 11.8 Å². The van der Waals surface area contributed by atoms with Gasteiger partial charge in [-0.15, -0.1) is 12.4 Å². The van der Waals surface area contributed by atoms with Crippen LogP contribution in [0.2, 0.25) is 0 Å². The van der Waals surface area contributed by atoms with Crippen molar-refractivity contribution in [1.82, 2.24) is 20.0 Å². The van der Waals surface area contributed by atoms with Gasteiger partial charge >= 0.3 is 0 Å². The third kappa shape index (κ3) is 4.20. The van der Waals surface area contributed by atoms with E-state index in [9.17, 15) is 4.79 Å². The van der Waals surface area contributed by atoms with Crippen molar-refractivity contribution in [3.05, 3.63) is 18.0 Å². The summed E-state index contributed by atoms with van der Waals surface area (Å²) in [5, 5.41) is 7.59. The standard InChI is InChI=1S/C15H26N4O.ClH/c1-5-19(9-11(2)3)15(20)14-8-16-7-13(14)12-6-17-18(4)10-12;/h6,10-11,13-14,16H,5,7-9H2,1-4H3;1H/t13-,14+;/m1./s1. The molecular weight excluding hydrogens is 288 g/mol. The van der Waals surface area contributed by atoms with E-state index >= 15 is 0 Å². The van der Waals surface area contributed by atoms with Crippen LogP contribution in [0.4, 0.5) is 0 Å². The number of nitrogens with one attached hydrogen (secondary N) is 1. The molecule has 1 aliphatic rings. The highest BCUT2D eigenvalue weighted by molar-refractivity contribution is 5.85. The van der Waals surface area contributed by atoms with Gasteiger partial charge in [-0.05, 0) is 18.4 Å². The number of nitrogens with zero attached hydrogens (tertiary/aromatic N) is 3. The van der Waals surface area contributed by atoms with E-state index in [1.165, 1.54) is 0 Å². The quantitative estimate of drug-likeness (QED) is 0.899. The summed E-state index contributed by atoms with van der Waals surface area (Å²) in [6, 6.07) is 0. The van der Waals surface area contributed by atoms with E-state index in [-0.39, 0.29) is 30.2 Å². The number of aryl methyl sites for hydroxylation is 1. The highest BCUT2D eigenvalue weighted by atomic mass is 35.5. The topological polar surface area (TPSA) is 50.2 Å². The first-order chi connectivity index (χ1) is 9.52. The van der Waals surface area contributed by atoms with Gasteiger partial charge in [0.2, 0.25) is 5.91 Å². The third-order valence-corrected chi connectivity index (χ3v) is 3.96. The highest BCUT2D eigenvalue weighted by Gasteiger charge is 2.36. The van der Waals surface area contributed by atoms with Crippen LogP contribution in [-0.4, -0.2) is 46.8 Å². The molecule has 0 unspecified atom stereocenters. The van der Waals surface area contributed by atoms with Gasteiger partial charge in [0, 0.05) is 45.3 Å². The Morgan fingerprint density at radius 2 is 2.24 bits per heavy atom. The molecule has 1 amide bonds. The molecule has 2 heterocycles. The SMILES string of the molecule is CCN(CC(C)C)C(=O)[C@H]1CNC[C@@H]1c1cnn(C)c1.Cl. The van der Waals surface area contributed by atoms with Crippen molar-refractivity contribution >= 4 is 18.3 Å². The molecule has 1 aromatic heterocycles. The molecule has 1 saturated heterocycles. The highest BCUT2D eigenvalue weighted by Crippen LogP contribution is 2.29. The second-order valence-electron chi connectivity index (χ2n) is 6.09. The minimum Gasteiger partial charge on any atom is -0.342 e. The molecule has 0 aliphatic carbocycles. The van der Waals surface area contributed by atoms with E-state index in [0.29, 0.717) is 5.92 Å². The maximum absolute atomic E-state index is 12.8. The Hall–Kier alpha value is -1.07. The average molecular weight is 315 g/mol. The second kappa shape index (κ2) is 7.80. The Morgan fingerprint density at radius 3 is 2.76 bits per heavy atom. The first-order valence-electron chi connectivity index (χ1n) is 7.51. The lowest BCUT2D eigenvalue weighted by Gasteiger charge is -2.28. The molecule has 1 aliphatic heterocycles. The van der Waals surface area contributed by atoms with E-state index in [0.717, 1.165) is 31.7 Å². The van der Waals surface area contributed by atoms with Gasteiger partial charge in [0.05, 0.1) is 12.1 Å². The van der Waals surface area contributed by atoms with Gasteiger partial charge in [0.15, 0.2) is 0 Å². The third-order valence-electron chi connectivity index (χ3n) is 3.96. The van der Waals surface area contributed by atoms with Gasteiger partial charge in [-0.1, -0.05) is 13.8 Å². The Kier molecular flexibility index (Phi) is 6.68. The van der Waals surface area contributed by atoms with Gasteiger partial charge in [0.25, 0.3) is 0 Å². The summed E-state index contributed by atoms with van der Waals surface area (Å²) >= 11 is 0. The monoisotopic (exact) mass is 314 g/mol. The van der Waals surface area contributed by atoms with Crippen molar-refractivity contribution in [2.45, 2.75) is 26.7 Å². The van der Waals surface area contributed by atoms with Crippen LogP contribution >= 0.6 is 12.4 Å². The van der Waals surface area contributed by atoms with Crippen LogP contribution in [0.5, 0.6) is 0 Å². The second-order valence-corrected chi connectivity index (χ2v) is 6.09. The van der Waals surface area contributed by atoms with Crippen LogP contribution in [0.25, 0.3) is 0 Å². The molecular formula is C15H27ClN4O. The van der Waals surface area contributed by atoms with Gasteiger partial charge in [0.1, 0.15) is 0 Å².